The molecule has 2 heterocycles. The molecule has 0 saturated heterocycles. The quantitative estimate of drug-likeness (QED) is 0.0198. The lowest BCUT2D eigenvalue weighted by Crippen LogP contribution is -2.30. The molecule has 0 aliphatic rings. The van der Waals surface area contributed by atoms with Gasteiger partial charge >= 0.3 is 0 Å². The first-order valence-electron chi connectivity index (χ1n) is 40.8. The van der Waals surface area contributed by atoms with Crippen LogP contribution < -0.4 is 22.7 Å². The summed E-state index contributed by atoms with van der Waals surface area (Å²) in [7, 11) is 6.72. The summed E-state index contributed by atoms with van der Waals surface area (Å²) in [5, 5.41) is 21.5. The van der Waals surface area contributed by atoms with Crippen molar-refractivity contribution in [1.82, 2.24) is 15.4 Å². The Morgan fingerprint density at radius 2 is 0.481 bits per heavy atom. The molecule has 0 amide bonds. The van der Waals surface area contributed by atoms with Crippen molar-refractivity contribution in [3.8, 4) is 0 Å². The van der Waals surface area contributed by atoms with Gasteiger partial charge in [-0.05, 0) is 195 Å². The molecule has 0 aliphatic heterocycles. The number of nitrogens with two attached hydrogens (primary N) is 3. The van der Waals surface area contributed by atoms with Crippen molar-refractivity contribution in [2.45, 2.75) is 364 Å². The first-order valence-corrected chi connectivity index (χ1v) is 40.8. The number of oxime groups is 5. The van der Waals surface area contributed by atoms with Crippen LogP contribution in [0.3, 0.4) is 0 Å². The van der Waals surface area contributed by atoms with Gasteiger partial charge in [0.15, 0.2) is 23.3 Å². The van der Waals surface area contributed by atoms with Crippen molar-refractivity contribution in [2.75, 3.05) is 48.2 Å². The van der Waals surface area contributed by atoms with E-state index in [0.717, 1.165) is 80.4 Å². The molecular formula is C90H156N12O6. The van der Waals surface area contributed by atoms with E-state index in [4.69, 9.17) is 56.2 Å². The highest BCUT2D eigenvalue weighted by atomic mass is 16.6. The predicted molar refractivity (Wildman–Crippen MR) is 464 cm³/mol. The molecule has 0 spiro atoms. The van der Waals surface area contributed by atoms with Gasteiger partial charge in [0.05, 0.1) is 18.5 Å². The van der Waals surface area contributed by atoms with Crippen LogP contribution in [0.15, 0.2) is 30.8 Å². The fraction of sp³-hybridized carbons (Fsp3) is 0.689. The lowest BCUT2D eigenvalue weighted by Gasteiger charge is -2.33. The van der Waals surface area contributed by atoms with E-state index in [0.29, 0.717) is 108 Å². The highest BCUT2D eigenvalue weighted by molar-refractivity contribution is 6.09. The average Bonchev–Trinajstić information content (AvgIpc) is 0.744. The van der Waals surface area contributed by atoms with Crippen molar-refractivity contribution in [2.24, 2.45) is 48.0 Å². The molecule has 2 aromatic heterocycles. The Kier molecular flexibility index (Phi) is 42.6. The molecule has 2 aromatic carbocycles. The zero-order chi connectivity index (χ0) is 83.5. The molecule has 0 aliphatic carbocycles. The summed E-state index contributed by atoms with van der Waals surface area (Å²) in [5.41, 5.74) is 51.0. The molecule has 0 radical (unpaired) electrons. The monoisotopic (exact) mass is 1500 g/mol. The lowest BCUT2D eigenvalue weighted by atomic mass is 9.72. The number of aliphatic imine (C=N–C) groups is 1. The fourth-order valence-electron chi connectivity index (χ4n) is 15.2. The number of rotatable bonds is 33. The second-order valence-corrected chi connectivity index (χ2v) is 33.2. The SMILES string of the molecule is CC/C(=N\OC)c1c(C(C)C)c(C(C)C)c(C(=NC)NOC)c(C(C)C)c1C(C)C.CC/C(=N\OC)c1c(C(C)C)c(C(C)C)nc(C(C)C)c1C(C)C.CCO/N=C(\N)c1c(C(C)C)c(C(C)C)c(/C(N)=N/OCC)c(C(C)C)c1C(C)C.CCO/N=C(\N)c1c(C(C)C)c(C(C)C)nc(C(C)C)c1C(C)C. The van der Waals surface area contributed by atoms with Crippen LogP contribution >= 0.6 is 0 Å². The molecule has 4 rings (SSSR count). The number of amidine groups is 4. The number of hydrogen-bond donors (Lipinski definition) is 4. The zero-order valence-corrected chi connectivity index (χ0v) is 76.0. The summed E-state index contributed by atoms with van der Waals surface area (Å²) in [6.45, 7) is 82.4. The fourth-order valence-corrected chi connectivity index (χ4v) is 15.2. The molecule has 7 N–H and O–H groups in total. The summed E-state index contributed by atoms with van der Waals surface area (Å²) >= 11 is 0. The Bertz CT molecular complexity index is 3440. The molecule has 0 bridgehead atoms. The Balaban J connectivity index is 0.000000724. The van der Waals surface area contributed by atoms with Gasteiger partial charge in [-0.3, -0.25) is 19.8 Å². The molecule has 0 unspecified atom stereocenters. The number of nitrogens with zero attached hydrogens (tertiary/aromatic N) is 8. The maximum atomic E-state index is 6.54. The number of hydrogen-bond acceptors (Lipinski definition) is 14. The molecule has 108 heavy (non-hydrogen) atoms. The summed E-state index contributed by atoms with van der Waals surface area (Å²) in [6.07, 6.45) is 1.67. The molecular weight excluding hydrogens is 1350 g/mol. The van der Waals surface area contributed by atoms with Crippen molar-refractivity contribution >= 4 is 34.8 Å². The van der Waals surface area contributed by atoms with E-state index in [1.54, 1.807) is 21.3 Å². The molecule has 4 aromatic rings. The number of nitrogens with one attached hydrogen (secondary N) is 1. The van der Waals surface area contributed by atoms with Crippen LogP contribution in [0, 0.1) is 0 Å². The van der Waals surface area contributed by atoms with E-state index < -0.39 is 0 Å². The van der Waals surface area contributed by atoms with E-state index in [2.05, 4.69) is 272 Å². The third-order valence-corrected chi connectivity index (χ3v) is 19.0. The van der Waals surface area contributed by atoms with Crippen molar-refractivity contribution < 1.29 is 29.0 Å². The third-order valence-electron chi connectivity index (χ3n) is 19.0. The molecule has 612 valence electrons. The maximum absolute atomic E-state index is 6.54. The summed E-state index contributed by atoms with van der Waals surface area (Å²) in [5.74, 6) is 7.08. The maximum Gasteiger partial charge on any atom is 0.170 e. The van der Waals surface area contributed by atoms with E-state index in [1.165, 1.54) is 72.6 Å². The van der Waals surface area contributed by atoms with Crippen LogP contribution in [0.4, 0.5) is 0 Å². The molecule has 0 atom stereocenters. The average molecular weight is 1500 g/mol. The van der Waals surface area contributed by atoms with E-state index in [-0.39, 0.29) is 23.7 Å². The van der Waals surface area contributed by atoms with Gasteiger partial charge in [0, 0.05) is 63.2 Å². The first-order chi connectivity index (χ1) is 50.4. The minimum Gasteiger partial charge on any atom is -0.399 e. The smallest absolute Gasteiger partial charge is 0.170 e. The second-order valence-electron chi connectivity index (χ2n) is 33.2. The van der Waals surface area contributed by atoms with Gasteiger partial charge in [-0.25, -0.2) is 5.48 Å². The summed E-state index contributed by atoms with van der Waals surface area (Å²) in [4.78, 5) is 46.6. The lowest BCUT2D eigenvalue weighted by molar-refractivity contribution is 0.144. The van der Waals surface area contributed by atoms with Crippen molar-refractivity contribution in [1.29, 1.82) is 0 Å². The predicted octanol–water partition coefficient (Wildman–Crippen LogP) is 23.5. The topological polar surface area (TPSA) is 245 Å². The molecule has 18 heteroatoms. The first kappa shape index (κ1) is 98.9. The van der Waals surface area contributed by atoms with E-state index in [9.17, 15) is 0 Å². The summed E-state index contributed by atoms with van der Waals surface area (Å²) < 4.78 is 0. The van der Waals surface area contributed by atoms with Gasteiger partial charge in [-0.1, -0.05) is 261 Å². The highest BCUT2D eigenvalue weighted by Gasteiger charge is 2.36. The Morgan fingerprint density at radius 3 is 0.657 bits per heavy atom. The minimum atomic E-state index is 0.213. The number of hydroxylamine groups is 1. The van der Waals surface area contributed by atoms with Crippen LogP contribution in [0.25, 0.3) is 0 Å². The van der Waals surface area contributed by atoms with Gasteiger partial charge < -0.3 is 41.4 Å². The molecule has 18 nitrogen and oxygen atoms in total. The zero-order valence-electron chi connectivity index (χ0n) is 76.0. The van der Waals surface area contributed by atoms with Crippen LogP contribution in [0.1, 0.15) is 487 Å². The third kappa shape index (κ3) is 24.7. The molecule has 0 saturated carbocycles. The van der Waals surface area contributed by atoms with Gasteiger partial charge in [0.1, 0.15) is 34.0 Å². The van der Waals surface area contributed by atoms with Gasteiger partial charge in [-0.2, -0.15) is 0 Å². The van der Waals surface area contributed by atoms with E-state index in [1.807, 2.05) is 27.8 Å². The normalized spacial score (nSPS) is 13.0. The Labute approximate surface area is 658 Å². The number of pyridine rings is 2. The molecule has 0 fully saturated rings. The van der Waals surface area contributed by atoms with Crippen LogP contribution in [0.2, 0.25) is 0 Å². The highest BCUT2D eigenvalue weighted by Crippen LogP contribution is 2.47. The van der Waals surface area contributed by atoms with Crippen molar-refractivity contribution in [3.05, 3.63) is 123 Å². The Morgan fingerprint density at radius 1 is 0.287 bits per heavy atom. The van der Waals surface area contributed by atoms with E-state index >= 15 is 0 Å². The standard InChI is InChI=1S/C25H43N3O2.C24H42N4O2.C21H36N2O.C20H35N3O/c1-13-18(27-29-11)23-19(14(2)3)21(16(6)7)24(25(26-10)28-30-12)22(17(8)9)20(23)15(4)5;1-11-29-27-23(25)21-17(13(3)4)19(15(7)8)22(24(26)28-30-12-2)20(16(9)10)18(21)14(5)6;1-11-16(23-24-10)19-17(12(2)3)20(14(6)7)22-21(15(8)9)18(19)13(4)5;1-10-24-23-20(21)17-15(11(2)3)18(13(6)7)22-19(14(8)9)16(17)12(4)5/h14-17H,13H2,1-12H3,(H,26,28);13-16H,11-12H2,1-10H3,(H2,25,27)(H2,26,28);12-15H,11H2,1-10H3;11-14H,10H2,1-9H3,(H2,21,23)/b27-18+;;23-16+;. The summed E-state index contributed by atoms with van der Waals surface area (Å²) in [6, 6.07) is 0. The van der Waals surface area contributed by atoms with Crippen LogP contribution in [0.5, 0.6) is 0 Å². The van der Waals surface area contributed by atoms with Crippen molar-refractivity contribution in [3.63, 3.8) is 0 Å². The van der Waals surface area contributed by atoms with Gasteiger partial charge in [0.2, 0.25) is 0 Å². The van der Waals surface area contributed by atoms with Crippen LogP contribution in [-0.2, 0) is 29.0 Å². The number of benzene rings is 2. The minimum absolute atomic E-state index is 0.213. The largest absolute Gasteiger partial charge is 0.399 e. The van der Waals surface area contributed by atoms with Gasteiger partial charge in [-0.15, -0.1) is 0 Å². The van der Waals surface area contributed by atoms with Crippen LogP contribution in [-0.4, -0.2) is 92.9 Å². The Hall–Kier alpha value is -7.08. The second kappa shape index (κ2) is 46.6. The van der Waals surface area contributed by atoms with Gasteiger partial charge in [0.25, 0.3) is 0 Å². The number of aromatic nitrogens is 2.